The van der Waals surface area contributed by atoms with E-state index in [-0.39, 0.29) is 5.69 Å². The molecule has 98 valence electrons. The first-order valence-electron chi connectivity index (χ1n) is 5.23. The maximum Gasteiger partial charge on any atom is 0.274 e. The van der Waals surface area contributed by atoms with E-state index in [1.807, 2.05) is 0 Å². The number of aromatic amines is 1. The van der Waals surface area contributed by atoms with Crippen molar-refractivity contribution in [3.63, 3.8) is 0 Å². The highest BCUT2D eigenvalue weighted by Gasteiger charge is 2.16. The number of hydrogen-bond acceptors (Lipinski definition) is 4. The third-order valence-electron chi connectivity index (χ3n) is 2.49. The van der Waals surface area contributed by atoms with Crippen LogP contribution in [0, 0.1) is 17.0 Å². The molecule has 2 N–H and O–H groups in total. The lowest BCUT2D eigenvalue weighted by Crippen LogP contribution is -2.11. The number of carbonyl (C=O) groups excluding carboxylic acids is 1. The number of aryl methyl sites for hydroxylation is 1. The number of benzene rings is 1. The number of nitro groups is 1. The highest BCUT2D eigenvalue weighted by molar-refractivity contribution is 9.10. The van der Waals surface area contributed by atoms with Crippen molar-refractivity contribution >= 4 is 33.2 Å². The van der Waals surface area contributed by atoms with Crippen LogP contribution in [-0.4, -0.2) is 21.0 Å². The second-order valence-electron chi connectivity index (χ2n) is 3.82. The summed E-state index contributed by atoms with van der Waals surface area (Å²) in [6.45, 7) is 1.63. The molecule has 0 bridgehead atoms. The number of carbonyl (C=O) groups is 1. The van der Waals surface area contributed by atoms with Crippen molar-refractivity contribution in [2.75, 3.05) is 5.32 Å². The third-order valence-corrected chi connectivity index (χ3v) is 3.15. The smallest absolute Gasteiger partial charge is 0.274 e. The van der Waals surface area contributed by atoms with Gasteiger partial charge in [-0.05, 0) is 28.9 Å². The minimum atomic E-state index is -0.491. The van der Waals surface area contributed by atoms with Crippen molar-refractivity contribution in [1.82, 2.24) is 10.2 Å². The summed E-state index contributed by atoms with van der Waals surface area (Å²) in [5.41, 5.74) is 1.14. The van der Waals surface area contributed by atoms with E-state index >= 15 is 0 Å². The number of nitrogens with zero attached hydrogens (tertiary/aromatic N) is 2. The molecule has 0 aliphatic heterocycles. The fraction of sp³-hybridized carbons (Fsp3) is 0.0909. The molecule has 0 saturated heterocycles. The van der Waals surface area contributed by atoms with Gasteiger partial charge in [0.05, 0.1) is 22.4 Å². The van der Waals surface area contributed by atoms with Gasteiger partial charge in [-0.15, -0.1) is 0 Å². The van der Waals surface area contributed by atoms with E-state index in [0.717, 1.165) is 0 Å². The van der Waals surface area contributed by atoms with E-state index in [2.05, 4.69) is 31.4 Å². The second kappa shape index (κ2) is 5.19. The minimum Gasteiger partial charge on any atom is -0.321 e. The second-order valence-corrected chi connectivity index (χ2v) is 4.67. The molecular formula is C11H9BrN4O3. The van der Waals surface area contributed by atoms with Crippen LogP contribution in [0.5, 0.6) is 0 Å². The summed E-state index contributed by atoms with van der Waals surface area (Å²) in [7, 11) is 0. The van der Waals surface area contributed by atoms with E-state index in [1.54, 1.807) is 13.0 Å². The van der Waals surface area contributed by atoms with Crippen LogP contribution >= 0.6 is 15.9 Å². The van der Waals surface area contributed by atoms with Crippen molar-refractivity contribution in [2.24, 2.45) is 0 Å². The number of anilines is 1. The summed E-state index contributed by atoms with van der Waals surface area (Å²) < 4.78 is 0.576. The highest BCUT2D eigenvalue weighted by atomic mass is 79.9. The number of H-pyrrole nitrogens is 1. The Labute approximate surface area is 116 Å². The lowest BCUT2D eigenvalue weighted by Gasteiger charge is -2.07. The molecule has 19 heavy (non-hydrogen) atoms. The van der Waals surface area contributed by atoms with Gasteiger partial charge in [-0.3, -0.25) is 20.0 Å². The predicted octanol–water partition coefficient (Wildman–Crippen LogP) is 2.64. The fourth-order valence-corrected chi connectivity index (χ4v) is 2.08. The van der Waals surface area contributed by atoms with Crippen LogP contribution in [0.3, 0.4) is 0 Å². The molecule has 0 radical (unpaired) electrons. The van der Waals surface area contributed by atoms with Crippen molar-refractivity contribution in [2.45, 2.75) is 6.92 Å². The number of nitrogens with one attached hydrogen (secondary N) is 2. The Morgan fingerprint density at radius 3 is 2.84 bits per heavy atom. The molecule has 0 spiro atoms. The first-order chi connectivity index (χ1) is 8.99. The third kappa shape index (κ3) is 2.79. The van der Waals surface area contributed by atoms with Gasteiger partial charge in [0, 0.05) is 22.3 Å². The molecule has 0 unspecified atom stereocenters. The van der Waals surface area contributed by atoms with Gasteiger partial charge in [0.25, 0.3) is 11.6 Å². The van der Waals surface area contributed by atoms with Gasteiger partial charge in [0.15, 0.2) is 0 Å². The van der Waals surface area contributed by atoms with Crippen LogP contribution in [0.4, 0.5) is 11.4 Å². The number of halogens is 1. The Morgan fingerprint density at radius 2 is 2.26 bits per heavy atom. The Balaban J connectivity index is 2.32. The molecule has 1 aromatic carbocycles. The average Bonchev–Trinajstić information content (AvgIpc) is 2.85. The summed E-state index contributed by atoms with van der Waals surface area (Å²) in [6, 6.07) is 2.90. The van der Waals surface area contributed by atoms with Crippen molar-refractivity contribution in [3.8, 4) is 0 Å². The van der Waals surface area contributed by atoms with Crippen LogP contribution < -0.4 is 5.32 Å². The zero-order valence-electron chi connectivity index (χ0n) is 9.81. The summed E-state index contributed by atoms with van der Waals surface area (Å²) >= 11 is 3.26. The Hall–Kier alpha value is -2.22. The van der Waals surface area contributed by atoms with Gasteiger partial charge in [0.1, 0.15) is 0 Å². The van der Waals surface area contributed by atoms with Crippen molar-refractivity contribution < 1.29 is 9.72 Å². The van der Waals surface area contributed by atoms with Gasteiger partial charge in [0.2, 0.25) is 0 Å². The van der Waals surface area contributed by atoms with E-state index in [1.165, 1.54) is 18.5 Å². The van der Waals surface area contributed by atoms with Crippen LogP contribution in [0.2, 0.25) is 0 Å². The fourth-order valence-electron chi connectivity index (χ4n) is 1.52. The maximum absolute atomic E-state index is 11.8. The van der Waals surface area contributed by atoms with Gasteiger partial charge in [-0.2, -0.15) is 5.10 Å². The van der Waals surface area contributed by atoms with Crippen LogP contribution in [0.15, 0.2) is 29.0 Å². The minimum absolute atomic E-state index is 0.0503. The molecule has 7 nitrogen and oxygen atoms in total. The Morgan fingerprint density at radius 1 is 1.53 bits per heavy atom. The van der Waals surface area contributed by atoms with E-state index < -0.39 is 10.8 Å². The van der Waals surface area contributed by atoms with Crippen LogP contribution in [0.25, 0.3) is 0 Å². The summed E-state index contributed by atoms with van der Waals surface area (Å²) in [6.07, 6.45) is 2.80. The molecule has 1 aromatic heterocycles. The Kier molecular flexibility index (Phi) is 3.61. The van der Waals surface area contributed by atoms with Crippen molar-refractivity contribution in [1.29, 1.82) is 0 Å². The van der Waals surface area contributed by atoms with Crippen LogP contribution in [0.1, 0.15) is 15.9 Å². The molecular weight excluding hydrogens is 316 g/mol. The molecule has 0 aliphatic rings. The average molecular weight is 325 g/mol. The summed E-state index contributed by atoms with van der Waals surface area (Å²) in [5, 5.41) is 19.6. The monoisotopic (exact) mass is 324 g/mol. The molecule has 1 heterocycles. The molecule has 2 aromatic rings. The topological polar surface area (TPSA) is 101 Å². The van der Waals surface area contributed by atoms with Crippen LogP contribution in [-0.2, 0) is 0 Å². The molecule has 2 rings (SSSR count). The largest absolute Gasteiger partial charge is 0.321 e. The molecule has 8 heteroatoms. The zero-order chi connectivity index (χ0) is 14.0. The molecule has 0 atom stereocenters. The van der Waals surface area contributed by atoms with Gasteiger partial charge in [-0.25, -0.2) is 0 Å². The number of rotatable bonds is 3. The molecule has 0 fully saturated rings. The first-order valence-corrected chi connectivity index (χ1v) is 6.03. The number of hydrogen-bond donors (Lipinski definition) is 2. The molecule has 0 aliphatic carbocycles. The normalized spacial score (nSPS) is 10.2. The van der Waals surface area contributed by atoms with E-state index in [9.17, 15) is 14.9 Å². The number of aromatic nitrogens is 2. The summed E-state index contributed by atoms with van der Waals surface area (Å²) in [5.74, 6) is -0.396. The Bertz CT molecular complexity index is 640. The molecule has 1 amide bonds. The number of amides is 1. The van der Waals surface area contributed by atoms with E-state index in [4.69, 9.17) is 0 Å². The SMILES string of the molecule is Cc1cc(Br)c(NC(=O)c2cn[nH]c2)cc1[N+](=O)[O-]. The van der Waals surface area contributed by atoms with Gasteiger partial charge in [-0.1, -0.05) is 0 Å². The predicted molar refractivity (Wildman–Crippen MR) is 72.1 cm³/mol. The van der Waals surface area contributed by atoms with Gasteiger partial charge < -0.3 is 5.32 Å². The number of nitro benzene ring substituents is 1. The first kappa shape index (κ1) is 13.2. The zero-order valence-corrected chi connectivity index (χ0v) is 11.4. The van der Waals surface area contributed by atoms with Gasteiger partial charge >= 0.3 is 0 Å². The molecule has 0 saturated carbocycles. The lowest BCUT2D eigenvalue weighted by atomic mass is 10.2. The summed E-state index contributed by atoms with van der Waals surface area (Å²) in [4.78, 5) is 22.2. The van der Waals surface area contributed by atoms with Crippen molar-refractivity contribution in [3.05, 3.63) is 50.2 Å². The maximum atomic E-state index is 11.8. The standard InChI is InChI=1S/C11H9BrN4O3/c1-6-2-8(12)9(3-10(6)16(18)19)15-11(17)7-4-13-14-5-7/h2-5H,1H3,(H,13,14)(H,15,17). The quantitative estimate of drug-likeness (QED) is 0.669. The lowest BCUT2D eigenvalue weighted by molar-refractivity contribution is -0.385. The van der Waals surface area contributed by atoms with E-state index in [0.29, 0.717) is 21.3 Å². The highest BCUT2D eigenvalue weighted by Crippen LogP contribution is 2.30.